The molecule has 0 atom stereocenters. The number of aromatic nitrogens is 1. The van der Waals surface area contributed by atoms with Gasteiger partial charge in [0, 0.05) is 10.9 Å². The molecule has 0 saturated carbocycles. The van der Waals surface area contributed by atoms with Crippen molar-refractivity contribution in [1.29, 1.82) is 0 Å². The van der Waals surface area contributed by atoms with Gasteiger partial charge in [-0.25, -0.2) is 4.98 Å². The van der Waals surface area contributed by atoms with E-state index >= 15 is 0 Å². The Morgan fingerprint density at radius 2 is 2.00 bits per heavy atom. The van der Waals surface area contributed by atoms with Crippen LogP contribution in [0.4, 0.5) is 5.13 Å². The molecule has 0 bridgehead atoms. The molecule has 0 saturated heterocycles. The fourth-order valence-corrected chi connectivity index (χ4v) is 2.64. The maximum Gasteiger partial charge on any atom is 0.203 e. The van der Waals surface area contributed by atoms with Crippen molar-refractivity contribution in [3.63, 3.8) is 0 Å². The lowest BCUT2D eigenvalue weighted by molar-refractivity contribution is 0.317. The number of nitrogens with zero attached hydrogens (tertiary/aromatic N) is 2. The van der Waals surface area contributed by atoms with E-state index in [4.69, 9.17) is 4.74 Å². The van der Waals surface area contributed by atoms with E-state index in [9.17, 15) is 0 Å². The van der Waals surface area contributed by atoms with Crippen molar-refractivity contribution in [2.45, 2.75) is 34.1 Å². The van der Waals surface area contributed by atoms with Crippen molar-refractivity contribution in [1.82, 2.24) is 4.98 Å². The highest BCUT2D eigenvalue weighted by Crippen LogP contribution is 2.21. The van der Waals surface area contributed by atoms with Gasteiger partial charge in [-0.15, -0.1) is 11.3 Å². The van der Waals surface area contributed by atoms with Gasteiger partial charge in [-0.1, -0.05) is 6.92 Å². The molecule has 0 unspecified atom stereocenters. The lowest BCUT2D eigenvalue weighted by Gasteiger charge is -2.10. The maximum atomic E-state index is 5.68. The van der Waals surface area contributed by atoms with Gasteiger partial charge in [-0.2, -0.15) is 5.10 Å². The van der Waals surface area contributed by atoms with Crippen molar-refractivity contribution >= 4 is 22.7 Å². The van der Waals surface area contributed by atoms with E-state index in [0.717, 1.165) is 46.3 Å². The van der Waals surface area contributed by atoms with Gasteiger partial charge in [-0.3, -0.25) is 5.43 Å². The molecule has 1 heterocycles. The molecule has 0 spiro atoms. The number of rotatable bonds is 6. The smallest absolute Gasteiger partial charge is 0.203 e. The predicted molar refractivity (Wildman–Crippen MR) is 89.8 cm³/mol. The first kappa shape index (κ1) is 15.5. The van der Waals surface area contributed by atoms with Crippen molar-refractivity contribution in [3.05, 3.63) is 39.9 Å². The van der Waals surface area contributed by atoms with Gasteiger partial charge in [0.15, 0.2) is 0 Å². The van der Waals surface area contributed by atoms with Gasteiger partial charge in [0.2, 0.25) is 5.13 Å². The number of hydrogen-bond acceptors (Lipinski definition) is 5. The third-order valence-corrected chi connectivity index (χ3v) is 3.88. The molecule has 1 aromatic carbocycles. The van der Waals surface area contributed by atoms with E-state index in [1.807, 2.05) is 18.5 Å². The summed E-state index contributed by atoms with van der Waals surface area (Å²) in [6.07, 6.45) is 2.85. The minimum Gasteiger partial charge on any atom is -0.494 e. The fraction of sp³-hybridized carbons (Fsp3) is 0.375. The monoisotopic (exact) mass is 303 g/mol. The normalized spacial score (nSPS) is 11.0. The first-order valence-corrected chi connectivity index (χ1v) is 7.93. The van der Waals surface area contributed by atoms with Crippen molar-refractivity contribution in [3.8, 4) is 5.75 Å². The molecular weight excluding hydrogens is 282 g/mol. The first-order valence-electron chi connectivity index (χ1n) is 7.05. The van der Waals surface area contributed by atoms with Crippen LogP contribution < -0.4 is 10.2 Å². The van der Waals surface area contributed by atoms with Gasteiger partial charge in [0.25, 0.3) is 0 Å². The molecular formula is C16H21N3OS. The highest BCUT2D eigenvalue weighted by atomic mass is 32.1. The van der Waals surface area contributed by atoms with E-state index < -0.39 is 0 Å². The van der Waals surface area contributed by atoms with Crippen molar-refractivity contribution in [2.24, 2.45) is 5.10 Å². The van der Waals surface area contributed by atoms with E-state index in [-0.39, 0.29) is 0 Å². The molecule has 5 heteroatoms. The van der Waals surface area contributed by atoms with Crippen LogP contribution in [0.15, 0.2) is 22.6 Å². The molecule has 2 aromatic rings. The van der Waals surface area contributed by atoms with E-state index in [0.29, 0.717) is 0 Å². The van der Waals surface area contributed by atoms with Crippen LogP contribution in [0.5, 0.6) is 5.75 Å². The Balaban J connectivity index is 2.08. The SMILES string of the molecule is CCCOc1cc(C)c(C=NNc2nc(C)cs2)c(C)c1. The zero-order valence-corrected chi connectivity index (χ0v) is 13.8. The molecule has 21 heavy (non-hydrogen) atoms. The highest BCUT2D eigenvalue weighted by Gasteiger charge is 2.04. The van der Waals surface area contributed by atoms with Gasteiger partial charge in [0.1, 0.15) is 5.75 Å². The van der Waals surface area contributed by atoms with Crippen LogP contribution in [0.3, 0.4) is 0 Å². The molecule has 0 amide bonds. The van der Waals surface area contributed by atoms with Crippen molar-refractivity contribution < 1.29 is 4.74 Å². The Kier molecular flexibility index (Phi) is 5.33. The Hall–Kier alpha value is -1.88. The third kappa shape index (κ3) is 4.29. The minimum atomic E-state index is 0.747. The number of thiazole rings is 1. The summed E-state index contributed by atoms with van der Waals surface area (Å²) in [4.78, 5) is 4.31. The average Bonchev–Trinajstić information content (AvgIpc) is 2.85. The fourth-order valence-electron chi connectivity index (χ4n) is 2.00. The van der Waals surface area contributed by atoms with Crippen LogP contribution in [0.25, 0.3) is 0 Å². The Morgan fingerprint density at radius 1 is 1.29 bits per heavy atom. The predicted octanol–water partition coefficient (Wildman–Crippen LogP) is 4.30. The van der Waals surface area contributed by atoms with E-state index in [2.05, 4.69) is 48.4 Å². The number of ether oxygens (including phenoxy) is 1. The second kappa shape index (κ2) is 7.22. The van der Waals surface area contributed by atoms with Crippen LogP contribution >= 0.6 is 11.3 Å². The highest BCUT2D eigenvalue weighted by molar-refractivity contribution is 7.13. The summed E-state index contributed by atoms with van der Waals surface area (Å²) in [7, 11) is 0. The van der Waals surface area contributed by atoms with Crippen LogP contribution in [0.2, 0.25) is 0 Å². The number of hydrazone groups is 1. The molecule has 0 aliphatic rings. The van der Waals surface area contributed by atoms with Gasteiger partial charge in [0.05, 0.1) is 18.5 Å². The maximum absolute atomic E-state index is 5.68. The summed E-state index contributed by atoms with van der Waals surface area (Å²) in [6.45, 7) is 8.96. The van der Waals surface area contributed by atoms with Crippen LogP contribution in [0, 0.1) is 20.8 Å². The molecule has 1 N–H and O–H groups in total. The summed E-state index contributed by atoms with van der Waals surface area (Å²) < 4.78 is 5.68. The summed E-state index contributed by atoms with van der Waals surface area (Å²) in [5.74, 6) is 0.924. The van der Waals surface area contributed by atoms with Gasteiger partial charge in [-0.05, 0) is 50.5 Å². The lowest BCUT2D eigenvalue weighted by atomic mass is 10.0. The Bertz CT molecular complexity index is 611. The number of anilines is 1. The zero-order chi connectivity index (χ0) is 15.2. The summed E-state index contributed by atoms with van der Waals surface area (Å²) in [5.41, 5.74) is 7.39. The molecule has 0 fully saturated rings. The molecule has 0 radical (unpaired) electrons. The standard InChI is InChI=1S/C16H21N3OS/c1-5-6-20-14-7-11(2)15(12(3)8-14)9-17-19-16-18-13(4)10-21-16/h7-10H,5-6H2,1-4H3,(H,18,19). The second-order valence-electron chi connectivity index (χ2n) is 4.98. The summed E-state index contributed by atoms with van der Waals surface area (Å²) in [5, 5.41) is 7.07. The van der Waals surface area contributed by atoms with E-state index in [1.165, 1.54) is 0 Å². The topological polar surface area (TPSA) is 46.5 Å². The summed E-state index contributed by atoms with van der Waals surface area (Å²) >= 11 is 1.55. The molecule has 2 rings (SSSR count). The number of benzene rings is 1. The number of aryl methyl sites for hydroxylation is 3. The first-order chi connectivity index (χ1) is 10.1. The molecule has 4 nitrogen and oxygen atoms in total. The van der Waals surface area contributed by atoms with Gasteiger partial charge < -0.3 is 4.74 Å². The van der Waals surface area contributed by atoms with E-state index in [1.54, 1.807) is 11.3 Å². The summed E-state index contributed by atoms with van der Waals surface area (Å²) in [6, 6.07) is 4.11. The quantitative estimate of drug-likeness (QED) is 0.639. The molecule has 112 valence electrons. The van der Waals surface area contributed by atoms with Crippen molar-refractivity contribution in [2.75, 3.05) is 12.0 Å². The number of nitrogens with one attached hydrogen (secondary N) is 1. The third-order valence-electron chi connectivity index (χ3n) is 3.01. The van der Waals surface area contributed by atoms with Crippen LogP contribution in [0.1, 0.15) is 35.7 Å². The number of hydrogen-bond donors (Lipinski definition) is 1. The average molecular weight is 303 g/mol. The Labute approximate surface area is 129 Å². The second-order valence-corrected chi connectivity index (χ2v) is 5.84. The van der Waals surface area contributed by atoms with Crippen LogP contribution in [-0.4, -0.2) is 17.8 Å². The molecule has 0 aliphatic carbocycles. The molecule has 0 aliphatic heterocycles. The molecule has 1 aromatic heterocycles. The largest absolute Gasteiger partial charge is 0.494 e. The minimum absolute atomic E-state index is 0.747. The van der Waals surface area contributed by atoms with Crippen LogP contribution in [-0.2, 0) is 0 Å². The van der Waals surface area contributed by atoms with Gasteiger partial charge >= 0.3 is 0 Å². The lowest BCUT2D eigenvalue weighted by Crippen LogP contribution is -2.00. The zero-order valence-electron chi connectivity index (χ0n) is 12.9. The Morgan fingerprint density at radius 3 is 2.57 bits per heavy atom.